The van der Waals surface area contributed by atoms with E-state index in [1.165, 1.54) is 0 Å². The summed E-state index contributed by atoms with van der Waals surface area (Å²) in [5.74, 6) is 1.56. The van der Waals surface area contributed by atoms with Gasteiger partial charge in [0.2, 0.25) is 5.95 Å². The minimum atomic E-state index is 0.248. The van der Waals surface area contributed by atoms with E-state index >= 15 is 0 Å². The lowest BCUT2D eigenvalue weighted by Gasteiger charge is -1.92. The van der Waals surface area contributed by atoms with Crippen LogP contribution in [0.1, 0.15) is 0 Å². The first-order valence-corrected chi connectivity index (χ1v) is 4.85. The fourth-order valence-corrected chi connectivity index (χ4v) is 1.67. The molecule has 0 saturated heterocycles. The average Bonchev–Trinajstić information content (AvgIpc) is 2.81. The minimum absolute atomic E-state index is 0.248. The van der Waals surface area contributed by atoms with Gasteiger partial charge >= 0.3 is 0 Å². The monoisotopic (exact) mass is 214 g/mol. The van der Waals surface area contributed by atoms with Crippen LogP contribution in [-0.4, -0.2) is 24.7 Å². The number of benzene rings is 1. The molecule has 0 saturated carbocycles. The fraction of sp³-hybridized carbons (Fsp3) is 0.100. The van der Waals surface area contributed by atoms with Crippen molar-refractivity contribution in [2.24, 2.45) is 7.05 Å². The molecule has 2 aromatic heterocycles. The first-order chi connectivity index (χ1) is 7.74. The topological polar surface area (TPSA) is 85.4 Å². The van der Waals surface area contributed by atoms with Crippen LogP contribution in [0.5, 0.6) is 0 Å². The summed E-state index contributed by atoms with van der Waals surface area (Å²) in [5.41, 5.74) is 7.40. The van der Waals surface area contributed by atoms with Crippen molar-refractivity contribution in [3.8, 4) is 11.6 Å². The van der Waals surface area contributed by atoms with Crippen molar-refractivity contribution in [3.05, 3.63) is 24.3 Å². The molecule has 0 fully saturated rings. The molecule has 6 heteroatoms. The average molecular weight is 214 g/mol. The molecule has 1 aromatic carbocycles. The molecule has 0 unspecified atom stereocenters. The maximum Gasteiger partial charge on any atom is 0.240 e. The molecule has 0 spiro atoms. The number of nitrogens with one attached hydrogen (secondary N) is 1. The van der Waals surface area contributed by atoms with Crippen LogP contribution >= 0.6 is 0 Å². The molecule has 3 aromatic rings. The Morgan fingerprint density at radius 2 is 2.06 bits per heavy atom. The van der Waals surface area contributed by atoms with Gasteiger partial charge in [-0.25, -0.2) is 9.67 Å². The highest BCUT2D eigenvalue weighted by Crippen LogP contribution is 2.18. The van der Waals surface area contributed by atoms with Crippen LogP contribution in [0.3, 0.4) is 0 Å². The molecular formula is C10H10N6. The lowest BCUT2D eigenvalue weighted by molar-refractivity contribution is 0.773. The van der Waals surface area contributed by atoms with Gasteiger partial charge in [-0.1, -0.05) is 12.1 Å². The summed E-state index contributed by atoms with van der Waals surface area (Å²) in [6.45, 7) is 0. The van der Waals surface area contributed by atoms with Crippen molar-refractivity contribution < 1.29 is 0 Å². The van der Waals surface area contributed by atoms with E-state index < -0.39 is 0 Å². The SMILES string of the molecule is Cn1nc(N)nc1-c1nc2ccccc2[nH]1. The third-order valence-electron chi connectivity index (χ3n) is 2.38. The second-order valence-corrected chi connectivity index (χ2v) is 3.52. The van der Waals surface area contributed by atoms with Crippen molar-refractivity contribution in [2.45, 2.75) is 0 Å². The van der Waals surface area contributed by atoms with E-state index in [-0.39, 0.29) is 5.95 Å². The first-order valence-electron chi connectivity index (χ1n) is 4.85. The van der Waals surface area contributed by atoms with E-state index in [1.807, 2.05) is 24.3 Å². The van der Waals surface area contributed by atoms with Gasteiger partial charge < -0.3 is 10.7 Å². The second kappa shape index (κ2) is 3.06. The molecule has 0 amide bonds. The summed E-state index contributed by atoms with van der Waals surface area (Å²) in [6.07, 6.45) is 0. The number of hydrogen-bond acceptors (Lipinski definition) is 4. The molecule has 0 aliphatic heterocycles. The van der Waals surface area contributed by atoms with Crippen molar-refractivity contribution in [3.63, 3.8) is 0 Å². The quantitative estimate of drug-likeness (QED) is 0.631. The third-order valence-corrected chi connectivity index (χ3v) is 2.38. The number of para-hydroxylation sites is 2. The van der Waals surface area contributed by atoms with Gasteiger partial charge in [0.05, 0.1) is 11.0 Å². The van der Waals surface area contributed by atoms with Gasteiger partial charge in [-0.15, -0.1) is 5.10 Å². The normalized spacial score (nSPS) is 11.1. The highest BCUT2D eigenvalue weighted by atomic mass is 15.4. The molecule has 3 N–H and O–H groups in total. The van der Waals surface area contributed by atoms with Crippen molar-refractivity contribution in [1.29, 1.82) is 0 Å². The van der Waals surface area contributed by atoms with Gasteiger partial charge in [-0.3, -0.25) is 0 Å². The number of hydrogen-bond donors (Lipinski definition) is 2. The highest BCUT2D eigenvalue weighted by molar-refractivity contribution is 5.78. The molecule has 0 aliphatic rings. The fourth-order valence-electron chi connectivity index (χ4n) is 1.67. The zero-order chi connectivity index (χ0) is 11.1. The number of fused-ring (bicyclic) bond motifs is 1. The van der Waals surface area contributed by atoms with Crippen molar-refractivity contribution in [2.75, 3.05) is 5.73 Å². The predicted molar refractivity (Wildman–Crippen MR) is 60.5 cm³/mol. The van der Waals surface area contributed by atoms with Crippen LogP contribution in [0.4, 0.5) is 5.95 Å². The van der Waals surface area contributed by atoms with Crippen LogP contribution in [-0.2, 0) is 7.05 Å². The highest BCUT2D eigenvalue weighted by Gasteiger charge is 2.11. The Hall–Kier alpha value is -2.37. The van der Waals surface area contributed by atoms with Gasteiger partial charge in [-0.05, 0) is 12.1 Å². The lowest BCUT2D eigenvalue weighted by Crippen LogP contribution is -1.95. The van der Waals surface area contributed by atoms with E-state index in [9.17, 15) is 0 Å². The van der Waals surface area contributed by atoms with E-state index in [4.69, 9.17) is 5.73 Å². The van der Waals surface area contributed by atoms with E-state index in [0.29, 0.717) is 11.6 Å². The Balaban J connectivity index is 2.22. The predicted octanol–water partition coefficient (Wildman–Crippen LogP) is 0.941. The molecule has 80 valence electrons. The largest absolute Gasteiger partial charge is 0.366 e. The van der Waals surface area contributed by atoms with E-state index in [0.717, 1.165) is 11.0 Å². The van der Waals surface area contributed by atoms with Gasteiger partial charge in [0, 0.05) is 7.05 Å². The summed E-state index contributed by atoms with van der Waals surface area (Å²) in [4.78, 5) is 11.7. The van der Waals surface area contributed by atoms with E-state index in [1.54, 1.807) is 11.7 Å². The number of aromatic nitrogens is 5. The standard InChI is InChI=1S/C10H10N6/c1-16-9(14-10(11)15-16)8-12-6-4-2-3-5-7(6)13-8/h2-5H,1H3,(H2,11,15)(H,12,13). The molecular weight excluding hydrogens is 204 g/mol. The summed E-state index contributed by atoms with van der Waals surface area (Å²) < 4.78 is 1.60. The lowest BCUT2D eigenvalue weighted by atomic mass is 10.3. The van der Waals surface area contributed by atoms with Gasteiger partial charge in [-0.2, -0.15) is 4.98 Å². The molecule has 16 heavy (non-hydrogen) atoms. The Morgan fingerprint density at radius 3 is 2.75 bits per heavy atom. The summed E-state index contributed by atoms with van der Waals surface area (Å²) in [5, 5.41) is 3.98. The Morgan fingerprint density at radius 1 is 1.25 bits per heavy atom. The van der Waals surface area contributed by atoms with Crippen LogP contribution in [0.25, 0.3) is 22.7 Å². The molecule has 0 radical (unpaired) electrons. The van der Waals surface area contributed by atoms with Crippen molar-refractivity contribution >= 4 is 17.0 Å². The van der Waals surface area contributed by atoms with E-state index in [2.05, 4.69) is 20.1 Å². The number of anilines is 1. The third kappa shape index (κ3) is 1.23. The molecule has 0 bridgehead atoms. The van der Waals surface area contributed by atoms with Crippen molar-refractivity contribution in [1.82, 2.24) is 24.7 Å². The number of aryl methyl sites for hydroxylation is 1. The zero-order valence-corrected chi connectivity index (χ0v) is 8.68. The summed E-state index contributed by atoms with van der Waals surface area (Å²) in [7, 11) is 1.78. The van der Waals surface area contributed by atoms with Crippen LogP contribution in [0.15, 0.2) is 24.3 Å². The first kappa shape index (κ1) is 8.90. The molecule has 3 rings (SSSR count). The number of nitrogens with two attached hydrogens (primary N) is 1. The Labute approximate surface area is 91.1 Å². The number of imidazole rings is 1. The Kier molecular flexibility index (Phi) is 1.70. The van der Waals surface area contributed by atoms with Gasteiger partial charge in [0.25, 0.3) is 0 Å². The summed E-state index contributed by atoms with van der Waals surface area (Å²) in [6, 6.07) is 7.80. The number of nitrogen functional groups attached to an aromatic ring is 1. The maximum atomic E-state index is 5.53. The maximum absolute atomic E-state index is 5.53. The minimum Gasteiger partial charge on any atom is -0.366 e. The Bertz CT molecular complexity index is 617. The van der Waals surface area contributed by atoms with Crippen LogP contribution in [0, 0.1) is 0 Å². The van der Waals surface area contributed by atoms with Crippen LogP contribution in [0.2, 0.25) is 0 Å². The second-order valence-electron chi connectivity index (χ2n) is 3.52. The zero-order valence-electron chi connectivity index (χ0n) is 8.68. The molecule has 6 nitrogen and oxygen atoms in total. The van der Waals surface area contributed by atoms with Crippen LogP contribution < -0.4 is 5.73 Å². The molecule has 2 heterocycles. The molecule has 0 atom stereocenters. The van der Waals surface area contributed by atoms with Gasteiger partial charge in [0.15, 0.2) is 11.6 Å². The summed E-state index contributed by atoms with van der Waals surface area (Å²) >= 11 is 0. The number of H-pyrrole nitrogens is 1. The van der Waals surface area contributed by atoms with Gasteiger partial charge in [0.1, 0.15) is 0 Å². The number of rotatable bonds is 1. The number of nitrogens with zero attached hydrogens (tertiary/aromatic N) is 4. The molecule has 0 aliphatic carbocycles. The number of aromatic amines is 1. The smallest absolute Gasteiger partial charge is 0.240 e.